The Kier molecular flexibility index (Phi) is 7.20. The van der Waals surface area contributed by atoms with Gasteiger partial charge in [-0.05, 0) is 29.8 Å². The third kappa shape index (κ3) is 5.86. The van der Waals surface area contributed by atoms with Crippen LogP contribution in [-0.4, -0.2) is 50.5 Å². The molecule has 1 unspecified atom stereocenters. The molecule has 32 heavy (non-hydrogen) atoms. The van der Waals surface area contributed by atoms with Crippen molar-refractivity contribution in [2.24, 2.45) is 0 Å². The van der Waals surface area contributed by atoms with Crippen molar-refractivity contribution >= 4 is 26.9 Å². The van der Waals surface area contributed by atoms with Crippen LogP contribution < -0.4 is 5.32 Å². The number of aromatic nitrogens is 5. The SMILES string of the molecule is Cc1sc(CNC(CCS(C)(=O)=O)c2nnnn2-c2cccc([N+](=O)[O-])c2)nc1C(F)F. The van der Waals surface area contributed by atoms with Crippen molar-refractivity contribution in [1.29, 1.82) is 0 Å². The summed E-state index contributed by atoms with van der Waals surface area (Å²) in [5, 5.41) is 26.1. The Hall–Kier alpha value is -2.91. The zero-order chi connectivity index (χ0) is 23.5. The van der Waals surface area contributed by atoms with Crippen molar-refractivity contribution in [1.82, 2.24) is 30.5 Å². The van der Waals surface area contributed by atoms with E-state index >= 15 is 0 Å². The maximum atomic E-state index is 13.0. The minimum absolute atomic E-state index is 0.0778. The molecule has 172 valence electrons. The molecule has 2 aromatic heterocycles. The van der Waals surface area contributed by atoms with E-state index < -0.39 is 27.2 Å². The Morgan fingerprint density at radius 3 is 2.72 bits per heavy atom. The standard InChI is InChI=1S/C17H19F2N7O4S2/c1-10-15(16(18)19)21-14(31-10)9-20-13(6-7-32(2,29)30)17-22-23-24-25(17)11-4-3-5-12(8-11)26(27)28/h3-5,8,13,16,20H,6-7,9H2,1-2H3. The first-order chi connectivity index (χ1) is 15.0. The van der Waals surface area contributed by atoms with Crippen LogP contribution in [0.4, 0.5) is 14.5 Å². The number of tetrazole rings is 1. The Balaban J connectivity index is 1.90. The number of nitrogens with one attached hydrogen (secondary N) is 1. The quantitative estimate of drug-likeness (QED) is 0.337. The Morgan fingerprint density at radius 1 is 1.34 bits per heavy atom. The van der Waals surface area contributed by atoms with Gasteiger partial charge in [0.15, 0.2) is 5.82 Å². The molecule has 0 saturated heterocycles. The number of sulfone groups is 1. The number of alkyl halides is 2. The summed E-state index contributed by atoms with van der Waals surface area (Å²) in [5.74, 6) is 0.0301. The van der Waals surface area contributed by atoms with Gasteiger partial charge < -0.3 is 5.32 Å². The second-order valence-electron chi connectivity index (χ2n) is 6.93. The van der Waals surface area contributed by atoms with Crippen LogP contribution in [0.3, 0.4) is 0 Å². The number of rotatable bonds is 10. The summed E-state index contributed by atoms with van der Waals surface area (Å²) in [6.45, 7) is 1.63. The van der Waals surface area contributed by atoms with Crippen molar-refractivity contribution in [3.8, 4) is 5.69 Å². The molecule has 1 N–H and O–H groups in total. The Bertz CT molecular complexity index is 1210. The number of non-ortho nitro benzene ring substituents is 1. The van der Waals surface area contributed by atoms with Gasteiger partial charge in [0, 0.05) is 29.8 Å². The van der Waals surface area contributed by atoms with Gasteiger partial charge in [0.05, 0.1) is 22.4 Å². The highest BCUT2D eigenvalue weighted by molar-refractivity contribution is 7.90. The van der Waals surface area contributed by atoms with Crippen molar-refractivity contribution in [3.63, 3.8) is 0 Å². The van der Waals surface area contributed by atoms with E-state index in [1.807, 2.05) is 0 Å². The molecule has 0 saturated carbocycles. The maximum absolute atomic E-state index is 13.0. The van der Waals surface area contributed by atoms with Gasteiger partial charge in [0.2, 0.25) is 0 Å². The Morgan fingerprint density at radius 2 is 2.09 bits per heavy atom. The van der Waals surface area contributed by atoms with Crippen LogP contribution in [0.2, 0.25) is 0 Å². The zero-order valence-electron chi connectivity index (χ0n) is 17.0. The molecule has 0 aliphatic rings. The van der Waals surface area contributed by atoms with E-state index in [1.165, 1.54) is 22.9 Å². The fourth-order valence-corrected chi connectivity index (χ4v) is 4.50. The fraction of sp³-hybridized carbons (Fsp3) is 0.412. The summed E-state index contributed by atoms with van der Waals surface area (Å²) >= 11 is 1.11. The van der Waals surface area contributed by atoms with E-state index in [2.05, 4.69) is 25.8 Å². The van der Waals surface area contributed by atoms with Crippen molar-refractivity contribution in [2.45, 2.75) is 32.4 Å². The highest BCUT2D eigenvalue weighted by atomic mass is 32.2. The molecule has 3 rings (SSSR count). The largest absolute Gasteiger partial charge is 0.301 e. The first-order valence-corrected chi connectivity index (χ1v) is 12.1. The maximum Gasteiger partial charge on any atom is 0.281 e. The lowest BCUT2D eigenvalue weighted by Crippen LogP contribution is -2.26. The van der Waals surface area contributed by atoms with Crippen molar-refractivity contribution < 1.29 is 22.1 Å². The van der Waals surface area contributed by atoms with Crippen LogP contribution in [0.15, 0.2) is 24.3 Å². The summed E-state index contributed by atoms with van der Waals surface area (Å²) in [4.78, 5) is 14.9. The first kappa shape index (κ1) is 23.7. The molecule has 11 nitrogen and oxygen atoms in total. The van der Waals surface area contributed by atoms with Gasteiger partial charge in [-0.2, -0.15) is 4.68 Å². The van der Waals surface area contributed by atoms with Gasteiger partial charge in [0.1, 0.15) is 20.5 Å². The number of benzene rings is 1. The molecule has 0 aliphatic heterocycles. The monoisotopic (exact) mass is 487 g/mol. The van der Waals surface area contributed by atoms with Gasteiger partial charge >= 0.3 is 0 Å². The average Bonchev–Trinajstić information content (AvgIpc) is 3.34. The molecule has 0 bridgehead atoms. The van der Waals surface area contributed by atoms with Gasteiger partial charge in [-0.1, -0.05) is 6.07 Å². The number of aryl methyl sites for hydroxylation is 1. The van der Waals surface area contributed by atoms with Crippen molar-refractivity contribution in [3.05, 3.63) is 55.8 Å². The summed E-state index contributed by atoms with van der Waals surface area (Å²) in [5.41, 5.74) is -0.140. The van der Waals surface area contributed by atoms with Gasteiger partial charge in [-0.25, -0.2) is 22.2 Å². The van der Waals surface area contributed by atoms with E-state index in [9.17, 15) is 27.3 Å². The van der Waals surface area contributed by atoms with Crippen LogP contribution in [0.25, 0.3) is 5.69 Å². The molecule has 0 aliphatic carbocycles. The lowest BCUT2D eigenvalue weighted by molar-refractivity contribution is -0.384. The van der Waals surface area contributed by atoms with Gasteiger partial charge in [0.25, 0.3) is 12.1 Å². The number of thiazole rings is 1. The molecule has 3 aromatic rings. The lowest BCUT2D eigenvalue weighted by Gasteiger charge is -2.17. The number of nitro groups is 1. The molecule has 0 spiro atoms. The summed E-state index contributed by atoms with van der Waals surface area (Å²) in [6, 6.07) is 4.95. The highest BCUT2D eigenvalue weighted by Gasteiger charge is 2.24. The minimum atomic E-state index is -3.32. The van der Waals surface area contributed by atoms with Gasteiger partial charge in [-0.15, -0.1) is 16.4 Å². The predicted molar refractivity (Wildman–Crippen MR) is 112 cm³/mol. The van der Waals surface area contributed by atoms with Crippen LogP contribution in [-0.2, 0) is 16.4 Å². The summed E-state index contributed by atoms with van der Waals surface area (Å²) in [7, 11) is -3.32. The molecule has 1 atom stereocenters. The van der Waals surface area contributed by atoms with E-state index in [-0.39, 0.29) is 35.9 Å². The van der Waals surface area contributed by atoms with E-state index in [0.29, 0.717) is 15.6 Å². The number of halogens is 2. The number of nitro benzene ring substituents is 1. The van der Waals surface area contributed by atoms with E-state index in [0.717, 1.165) is 17.6 Å². The highest BCUT2D eigenvalue weighted by Crippen LogP contribution is 2.27. The van der Waals surface area contributed by atoms with Crippen LogP contribution in [0.1, 0.15) is 40.3 Å². The van der Waals surface area contributed by atoms with E-state index in [1.54, 1.807) is 13.0 Å². The lowest BCUT2D eigenvalue weighted by atomic mass is 10.2. The third-order valence-corrected chi connectivity index (χ3v) is 6.41. The average molecular weight is 488 g/mol. The topological polar surface area (TPSA) is 146 Å². The van der Waals surface area contributed by atoms with Crippen molar-refractivity contribution in [2.75, 3.05) is 12.0 Å². The number of hydrogen-bond acceptors (Lipinski definition) is 10. The third-order valence-electron chi connectivity index (χ3n) is 4.45. The molecular weight excluding hydrogens is 468 g/mol. The Labute approximate surface area is 185 Å². The predicted octanol–water partition coefficient (Wildman–Crippen LogP) is 2.54. The van der Waals surface area contributed by atoms with Crippen LogP contribution >= 0.6 is 11.3 Å². The number of hydrogen-bond donors (Lipinski definition) is 1. The molecule has 15 heteroatoms. The molecular formula is C17H19F2N7O4S2. The smallest absolute Gasteiger partial charge is 0.281 e. The van der Waals surface area contributed by atoms with Gasteiger partial charge in [-0.3, -0.25) is 10.1 Å². The summed E-state index contributed by atoms with van der Waals surface area (Å²) in [6.07, 6.45) is -1.52. The van der Waals surface area contributed by atoms with E-state index in [4.69, 9.17) is 0 Å². The normalized spacial score (nSPS) is 12.9. The molecule has 2 heterocycles. The second kappa shape index (κ2) is 9.70. The first-order valence-electron chi connectivity index (χ1n) is 9.23. The van der Waals surface area contributed by atoms with Crippen LogP contribution in [0, 0.1) is 17.0 Å². The molecule has 0 amide bonds. The molecule has 0 fully saturated rings. The zero-order valence-corrected chi connectivity index (χ0v) is 18.6. The molecule has 0 radical (unpaired) electrons. The fourth-order valence-electron chi connectivity index (χ4n) is 2.94. The number of nitrogens with zero attached hydrogens (tertiary/aromatic N) is 6. The molecule has 1 aromatic carbocycles. The minimum Gasteiger partial charge on any atom is -0.301 e. The second-order valence-corrected chi connectivity index (χ2v) is 10.5. The summed E-state index contributed by atoms with van der Waals surface area (Å²) < 4.78 is 50.8. The van der Waals surface area contributed by atoms with Crippen LogP contribution in [0.5, 0.6) is 0 Å².